The number of aliphatic imine (C=N–C) groups is 1. The average molecular weight is 310 g/mol. The highest BCUT2D eigenvalue weighted by Gasteiger charge is 2.19. The van der Waals surface area contributed by atoms with Gasteiger partial charge < -0.3 is 20.3 Å². The van der Waals surface area contributed by atoms with Gasteiger partial charge >= 0.3 is 0 Å². The van der Waals surface area contributed by atoms with E-state index in [4.69, 9.17) is 4.74 Å². The van der Waals surface area contributed by atoms with Crippen LogP contribution in [0.15, 0.2) is 4.99 Å². The molecule has 0 amide bonds. The predicted octanol–water partition coefficient (Wildman–Crippen LogP) is 1.84. The van der Waals surface area contributed by atoms with Gasteiger partial charge in [-0.15, -0.1) is 0 Å². The van der Waals surface area contributed by atoms with E-state index in [0.717, 1.165) is 38.0 Å². The van der Waals surface area contributed by atoms with Crippen molar-refractivity contribution in [2.45, 2.75) is 51.0 Å². The number of guanidine groups is 1. The van der Waals surface area contributed by atoms with Gasteiger partial charge in [-0.3, -0.25) is 4.99 Å². The lowest BCUT2D eigenvalue weighted by atomic mass is 9.98. The number of rotatable bonds is 7. The molecule has 1 saturated carbocycles. The van der Waals surface area contributed by atoms with Gasteiger partial charge in [0.2, 0.25) is 0 Å². The van der Waals surface area contributed by atoms with Crippen LogP contribution in [0.25, 0.3) is 0 Å². The summed E-state index contributed by atoms with van der Waals surface area (Å²) in [5, 5.41) is 6.83. The Kier molecular flexibility index (Phi) is 8.02. The molecule has 0 bridgehead atoms. The lowest BCUT2D eigenvalue weighted by Gasteiger charge is -2.22. The molecule has 2 N–H and O–H groups in total. The molecular weight excluding hydrogens is 276 g/mol. The monoisotopic (exact) mass is 310 g/mol. The van der Waals surface area contributed by atoms with Gasteiger partial charge in [-0.25, -0.2) is 0 Å². The zero-order valence-corrected chi connectivity index (χ0v) is 14.4. The molecule has 2 aliphatic rings. The summed E-state index contributed by atoms with van der Waals surface area (Å²) in [6.07, 6.45) is 9.44. The summed E-state index contributed by atoms with van der Waals surface area (Å²) in [7, 11) is 4.04. The van der Waals surface area contributed by atoms with Crippen molar-refractivity contribution >= 4 is 5.96 Å². The van der Waals surface area contributed by atoms with Crippen molar-refractivity contribution < 1.29 is 4.74 Å². The molecule has 0 radical (unpaired) electrons. The number of hydrogen-bond acceptors (Lipinski definition) is 3. The van der Waals surface area contributed by atoms with Gasteiger partial charge in [0.15, 0.2) is 5.96 Å². The Labute approximate surface area is 135 Å². The number of hydrogen-bond donors (Lipinski definition) is 2. The fourth-order valence-corrected chi connectivity index (χ4v) is 3.42. The smallest absolute Gasteiger partial charge is 0.190 e. The molecule has 5 heteroatoms. The normalized spacial score (nSPS) is 24.6. The SMILES string of the molecule is CN=C(NCCCOC1CCCCC1)NCC1CCN(C)C1. The van der Waals surface area contributed by atoms with Crippen molar-refractivity contribution in [3.8, 4) is 0 Å². The molecule has 5 nitrogen and oxygen atoms in total. The highest BCUT2D eigenvalue weighted by atomic mass is 16.5. The predicted molar refractivity (Wildman–Crippen MR) is 92.4 cm³/mol. The molecule has 1 heterocycles. The Balaban J connectivity index is 1.49. The van der Waals surface area contributed by atoms with Gasteiger partial charge in [-0.05, 0) is 45.2 Å². The lowest BCUT2D eigenvalue weighted by molar-refractivity contribution is 0.0277. The van der Waals surface area contributed by atoms with Gasteiger partial charge in [-0.1, -0.05) is 19.3 Å². The first kappa shape index (κ1) is 17.5. The summed E-state index contributed by atoms with van der Waals surface area (Å²) in [5.74, 6) is 1.67. The van der Waals surface area contributed by atoms with E-state index < -0.39 is 0 Å². The third-order valence-corrected chi connectivity index (χ3v) is 4.79. The van der Waals surface area contributed by atoms with E-state index in [0.29, 0.717) is 6.10 Å². The molecule has 0 aromatic rings. The number of nitrogens with one attached hydrogen (secondary N) is 2. The van der Waals surface area contributed by atoms with E-state index >= 15 is 0 Å². The molecule has 2 rings (SSSR count). The van der Waals surface area contributed by atoms with Crippen LogP contribution in [0.4, 0.5) is 0 Å². The maximum absolute atomic E-state index is 5.95. The van der Waals surface area contributed by atoms with Gasteiger partial charge in [0, 0.05) is 33.3 Å². The van der Waals surface area contributed by atoms with Crippen LogP contribution in [0.2, 0.25) is 0 Å². The summed E-state index contributed by atoms with van der Waals surface area (Å²) < 4.78 is 5.95. The molecule has 1 aliphatic carbocycles. The number of nitrogens with zero attached hydrogens (tertiary/aromatic N) is 2. The lowest BCUT2D eigenvalue weighted by Crippen LogP contribution is -2.40. The molecule has 22 heavy (non-hydrogen) atoms. The van der Waals surface area contributed by atoms with Crippen LogP contribution in [0.5, 0.6) is 0 Å². The first-order valence-electron chi connectivity index (χ1n) is 9.02. The van der Waals surface area contributed by atoms with Crippen LogP contribution >= 0.6 is 0 Å². The van der Waals surface area contributed by atoms with Crippen LogP contribution in [0.3, 0.4) is 0 Å². The fourth-order valence-electron chi connectivity index (χ4n) is 3.42. The minimum Gasteiger partial charge on any atom is -0.378 e. The summed E-state index contributed by atoms with van der Waals surface area (Å²) in [4.78, 5) is 6.69. The third kappa shape index (κ3) is 6.53. The van der Waals surface area contributed by atoms with Crippen LogP contribution in [0, 0.1) is 5.92 Å². The zero-order valence-electron chi connectivity index (χ0n) is 14.4. The molecule has 1 saturated heterocycles. The highest BCUT2D eigenvalue weighted by Crippen LogP contribution is 2.20. The van der Waals surface area contributed by atoms with Crippen molar-refractivity contribution in [1.29, 1.82) is 0 Å². The van der Waals surface area contributed by atoms with Crippen molar-refractivity contribution in [3.63, 3.8) is 0 Å². The van der Waals surface area contributed by atoms with E-state index in [2.05, 4.69) is 27.6 Å². The quantitative estimate of drug-likeness (QED) is 0.428. The Bertz CT molecular complexity index is 329. The van der Waals surface area contributed by atoms with Gasteiger partial charge in [-0.2, -0.15) is 0 Å². The maximum atomic E-state index is 5.95. The fraction of sp³-hybridized carbons (Fsp3) is 0.941. The first-order chi connectivity index (χ1) is 10.8. The molecule has 1 atom stereocenters. The van der Waals surface area contributed by atoms with E-state index in [1.54, 1.807) is 0 Å². The first-order valence-corrected chi connectivity index (χ1v) is 9.02. The van der Waals surface area contributed by atoms with Gasteiger partial charge in [0.1, 0.15) is 0 Å². The average Bonchev–Trinajstić information content (AvgIpc) is 2.96. The molecule has 0 aromatic carbocycles. The summed E-state index contributed by atoms with van der Waals surface area (Å²) in [5.41, 5.74) is 0. The van der Waals surface area contributed by atoms with Crippen LogP contribution in [-0.4, -0.2) is 63.8 Å². The standard InChI is InChI=1S/C17H34N4O/c1-18-17(20-13-15-9-11-21(2)14-15)19-10-6-12-22-16-7-4-3-5-8-16/h15-16H,3-14H2,1-2H3,(H2,18,19,20). The van der Waals surface area contributed by atoms with Gasteiger partial charge in [0.05, 0.1) is 6.10 Å². The highest BCUT2D eigenvalue weighted by molar-refractivity contribution is 5.79. The second-order valence-electron chi connectivity index (χ2n) is 6.78. The van der Waals surface area contributed by atoms with Crippen LogP contribution in [-0.2, 0) is 4.74 Å². The zero-order chi connectivity index (χ0) is 15.6. The van der Waals surface area contributed by atoms with Gasteiger partial charge in [0.25, 0.3) is 0 Å². The molecular formula is C17H34N4O. The molecule has 0 aromatic heterocycles. The molecule has 1 aliphatic heterocycles. The molecule has 0 spiro atoms. The maximum Gasteiger partial charge on any atom is 0.190 e. The summed E-state index contributed by atoms with van der Waals surface area (Å²) >= 11 is 0. The van der Waals surface area contributed by atoms with Crippen LogP contribution in [0.1, 0.15) is 44.9 Å². The minimum absolute atomic E-state index is 0.519. The second-order valence-corrected chi connectivity index (χ2v) is 6.78. The van der Waals surface area contributed by atoms with Crippen molar-refractivity contribution in [3.05, 3.63) is 0 Å². The second kappa shape index (κ2) is 10.1. The van der Waals surface area contributed by atoms with Crippen LogP contribution < -0.4 is 10.6 Å². The van der Waals surface area contributed by atoms with Crippen molar-refractivity contribution in [2.75, 3.05) is 46.9 Å². The Morgan fingerprint density at radius 2 is 2.00 bits per heavy atom. The van der Waals surface area contributed by atoms with E-state index in [9.17, 15) is 0 Å². The van der Waals surface area contributed by atoms with E-state index in [1.807, 2.05) is 7.05 Å². The van der Waals surface area contributed by atoms with E-state index in [1.165, 1.54) is 51.6 Å². The number of likely N-dealkylation sites (tertiary alicyclic amines) is 1. The summed E-state index contributed by atoms with van der Waals surface area (Å²) in [6, 6.07) is 0. The van der Waals surface area contributed by atoms with Crippen molar-refractivity contribution in [1.82, 2.24) is 15.5 Å². The third-order valence-electron chi connectivity index (χ3n) is 4.79. The molecule has 2 fully saturated rings. The number of ether oxygens (including phenoxy) is 1. The topological polar surface area (TPSA) is 48.9 Å². The minimum atomic E-state index is 0.519. The Hall–Kier alpha value is -0.810. The largest absolute Gasteiger partial charge is 0.378 e. The summed E-state index contributed by atoms with van der Waals surface area (Å²) in [6.45, 7) is 5.22. The Morgan fingerprint density at radius 3 is 2.68 bits per heavy atom. The van der Waals surface area contributed by atoms with E-state index in [-0.39, 0.29) is 0 Å². The van der Waals surface area contributed by atoms with Crippen molar-refractivity contribution in [2.24, 2.45) is 10.9 Å². The molecule has 1 unspecified atom stereocenters. The Morgan fingerprint density at radius 1 is 1.18 bits per heavy atom. The molecule has 128 valence electrons.